The summed E-state index contributed by atoms with van der Waals surface area (Å²) in [5.74, 6) is -0.0234. The molecule has 5 heteroatoms. The Balaban J connectivity index is 1.98. The standard InChI is InChI=1S/C22H32O5/c1-2-3-4-5-6-10-17-26-21(24)11-8-7-9-12-22(25)27-20-15-13-19(18-23)14-16-20/h13-16,18H,2-12,17H2,1H3. The predicted molar refractivity (Wildman–Crippen MR) is 105 cm³/mol. The summed E-state index contributed by atoms with van der Waals surface area (Å²) < 4.78 is 10.4. The van der Waals surface area contributed by atoms with Gasteiger partial charge in [-0.25, -0.2) is 0 Å². The molecule has 0 aromatic heterocycles. The van der Waals surface area contributed by atoms with Crippen LogP contribution in [0.3, 0.4) is 0 Å². The zero-order valence-corrected chi connectivity index (χ0v) is 16.4. The van der Waals surface area contributed by atoms with Gasteiger partial charge in [-0.2, -0.15) is 0 Å². The molecule has 0 N–H and O–H groups in total. The SMILES string of the molecule is CCCCCCCCOC(=O)CCCCCC(=O)Oc1ccc(C=O)cc1. The second-order valence-corrected chi connectivity index (χ2v) is 6.71. The van der Waals surface area contributed by atoms with E-state index >= 15 is 0 Å². The summed E-state index contributed by atoms with van der Waals surface area (Å²) in [6.45, 7) is 2.71. The van der Waals surface area contributed by atoms with Crippen molar-refractivity contribution in [2.24, 2.45) is 0 Å². The van der Waals surface area contributed by atoms with Crippen LogP contribution in [-0.4, -0.2) is 24.8 Å². The van der Waals surface area contributed by atoms with E-state index in [4.69, 9.17) is 9.47 Å². The van der Waals surface area contributed by atoms with Crippen molar-refractivity contribution in [2.45, 2.75) is 77.6 Å². The van der Waals surface area contributed by atoms with E-state index in [1.165, 1.54) is 25.7 Å². The lowest BCUT2D eigenvalue weighted by molar-refractivity contribution is -0.143. The number of esters is 2. The first-order valence-electron chi connectivity index (χ1n) is 10.1. The molecule has 0 saturated heterocycles. The van der Waals surface area contributed by atoms with Crippen molar-refractivity contribution in [3.8, 4) is 5.75 Å². The second-order valence-electron chi connectivity index (χ2n) is 6.71. The van der Waals surface area contributed by atoms with Gasteiger partial charge in [0.25, 0.3) is 0 Å². The molecule has 1 aromatic rings. The first kappa shape index (κ1) is 22.9. The number of carbonyl (C=O) groups is 3. The molecule has 0 amide bonds. The molecule has 0 spiro atoms. The van der Waals surface area contributed by atoms with Gasteiger partial charge in [0.1, 0.15) is 12.0 Å². The molecule has 0 aliphatic heterocycles. The van der Waals surface area contributed by atoms with E-state index in [2.05, 4.69) is 6.92 Å². The quantitative estimate of drug-likeness (QED) is 0.181. The topological polar surface area (TPSA) is 69.7 Å². The first-order valence-corrected chi connectivity index (χ1v) is 10.1. The minimum Gasteiger partial charge on any atom is -0.466 e. The largest absolute Gasteiger partial charge is 0.466 e. The number of unbranched alkanes of at least 4 members (excludes halogenated alkanes) is 7. The van der Waals surface area contributed by atoms with Gasteiger partial charge in [0.05, 0.1) is 6.61 Å². The van der Waals surface area contributed by atoms with Gasteiger partial charge in [0.15, 0.2) is 0 Å². The Hall–Kier alpha value is -2.17. The summed E-state index contributed by atoms with van der Waals surface area (Å²) in [5, 5.41) is 0. The molecule has 27 heavy (non-hydrogen) atoms. The molecule has 0 bridgehead atoms. The van der Waals surface area contributed by atoms with Crippen molar-refractivity contribution in [1.82, 2.24) is 0 Å². The fraction of sp³-hybridized carbons (Fsp3) is 0.591. The molecule has 0 heterocycles. The summed E-state index contributed by atoms with van der Waals surface area (Å²) in [7, 11) is 0. The van der Waals surface area contributed by atoms with Gasteiger partial charge >= 0.3 is 11.9 Å². The van der Waals surface area contributed by atoms with Crippen molar-refractivity contribution < 1.29 is 23.9 Å². The van der Waals surface area contributed by atoms with Crippen molar-refractivity contribution in [3.63, 3.8) is 0 Å². The molecular weight excluding hydrogens is 344 g/mol. The minimum atomic E-state index is -0.306. The Labute approximate surface area is 162 Å². The molecule has 0 saturated carbocycles. The molecular formula is C22H32O5. The van der Waals surface area contributed by atoms with Crippen LogP contribution in [0.15, 0.2) is 24.3 Å². The van der Waals surface area contributed by atoms with Crippen LogP contribution in [0.2, 0.25) is 0 Å². The molecule has 5 nitrogen and oxygen atoms in total. The predicted octanol–water partition coefficient (Wildman–Crippen LogP) is 5.26. The number of hydrogen-bond acceptors (Lipinski definition) is 5. The summed E-state index contributed by atoms with van der Waals surface area (Å²) in [6, 6.07) is 6.40. The normalized spacial score (nSPS) is 10.4. The Kier molecular flexibility index (Phi) is 12.7. The fourth-order valence-corrected chi connectivity index (χ4v) is 2.65. The highest BCUT2D eigenvalue weighted by Gasteiger charge is 2.06. The first-order chi connectivity index (χ1) is 13.2. The summed E-state index contributed by atoms with van der Waals surface area (Å²) in [6.07, 6.45) is 10.7. The maximum absolute atomic E-state index is 11.7. The van der Waals surface area contributed by atoms with Gasteiger partial charge in [-0.05, 0) is 43.5 Å². The van der Waals surface area contributed by atoms with Gasteiger partial charge in [-0.3, -0.25) is 14.4 Å². The van der Waals surface area contributed by atoms with Gasteiger partial charge in [0.2, 0.25) is 0 Å². The number of hydrogen-bond donors (Lipinski definition) is 0. The maximum Gasteiger partial charge on any atom is 0.311 e. The number of ether oxygens (including phenoxy) is 2. The van der Waals surface area contributed by atoms with Crippen molar-refractivity contribution in [1.29, 1.82) is 0 Å². The molecule has 0 aliphatic rings. The number of carbonyl (C=O) groups excluding carboxylic acids is 3. The van der Waals surface area contributed by atoms with E-state index in [9.17, 15) is 14.4 Å². The number of benzene rings is 1. The van der Waals surface area contributed by atoms with Crippen LogP contribution in [0.5, 0.6) is 5.75 Å². The van der Waals surface area contributed by atoms with Crippen molar-refractivity contribution in [3.05, 3.63) is 29.8 Å². The van der Waals surface area contributed by atoms with Crippen LogP contribution in [0.25, 0.3) is 0 Å². The third kappa shape index (κ3) is 11.9. The van der Waals surface area contributed by atoms with E-state index < -0.39 is 0 Å². The van der Waals surface area contributed by atoms with Crippen LogP contribution in [0.1, 0.15) is 87.9 Å². The Morgan fingerprint density at radius 3 is 2.07 bits per heavy atom. The average molecular weight is 376 g/mol. The highest BCUT2D eigenvalue weighted by atomic mass is 16.5. The molecule has 0 atom stereocenters. The lowest BCUT2D eigenvalue weighted by Gasteiger charge is -2.06. The van der Waals surface area contributed by atoms with E-state index in [0.29, 0.717) is 37.2 Å². The number of aldehydes is 1. The molecule has 150 valence electrons. The molecule has 1 rings (SSSR count). The average Bonchev–Trinajstić information content (AvgIpc) is 2.67. The second kappa shape index (κ2) is 14.9. The third-order valence-corrected chi connectivity index (χ3v) is 4.27. The summed E-state index contributed by atoms with van der Waals surface area (Å²) in [5.41, 5.74) is 0.540. The van der Waals surface area contributed by atoms with Gasteiger partial charge in [-0.1, -0.05) is 45.4 Å². The lowest BCUT2D eigenvalue weighted by atomic mass is 10.1. The van der Waals surface area contributed by atoms with Crippen LogP contribution >= 0.6 is 0 Å². The maximum atomic E-state index is 11.7. The van der Waals surface area contributed by atoms with Crippen molar-refractivity contribution >= 4 is 18.2 Å². The molecule has 1 aromatic carbocycles. The zero-order chi connectivity index (χ0) is 19.7. The van der Waals surface area contributed by atoms with Gasteiger partial charge in [0, 0.05) is 18.4 Å². The van der Waals surface area contributed by atoms with Crippen LogP contribution < -0.4 is 4.74 Å². The lowest BCUT2D eigenvalue weighted by Crippen LogP contribution is -2.08. The Bertz CT molecular complexity index is 550. The number of rotatable bonds is 15. The summed E-state index contributed by atoms with van der Waals surface area (Å²) in [4.78, 5) is 34.0. The van der Waals surface area contributed by atoms with E-state index in [0.717, 1.165) is 32.0 Å². The van der Waals surface area contributed by atoms with E-state index in [1.807, 2.05) is 0 Å². The van der Waals surface area contributed by atoms with Crippen molar-refractivity contribution in [2.75, 3.05) is 6.61 Å². The smallest absolute Gasteiger partial charge is 0.311 e. The summed E-state index contributed by atoms with van der Waals surface area (Å²) >= 11 is 0. The molecule has 0 unspecified atom stereocenters. The fourth-order valence-electron chi connectivity index (χ4n) is 2.65. The van der Waals surface area contributed by atoms with Gasteiger partial charge in [-0.15, -0.1) is 0 Å². The monoisotopic (exact) mass is 376 g/mol. The highest BCUT2D eigenvalue weighted by molar-refractivity contribution is 5.76. The molecule has 0 fully saturated rings. The highest BCUT2D eigenvalue weighted by Crippen LogP contribution is 2.13. The van der Waals surface area contributed by atoms with Gasteiger partial charge < -0.3 is 9.47 Å². The minimum absolute atomic E-state index is 0.151. The Morgan fingerprint density at radius 1 is 0.815 bits per heavy atom. The molecule has 0 radical (unpaired) electrons. The Morgan fingerprint density at radius 2 is 1.41 bits per heavy atom. The third-order valence-electron chi connectivity index (χ3n) is 4.27. The van der Waals surface area contributed by atoms with E-state index in [1.54, 1.807) is 24.3 Å². The van der Waals surface area contributed by atoms with E-state index in [-0.39, 0.29) is 11.9 Å². The van der Waals surface area contributed by atoms with Crippen LogP contribution in [0.4, 0.5) is 0 Å². The molecule has 0 aliphatic carbocycles. The van der Waals surface area contributed by atoms with Crippen LogP contribution in [-0.2, 0) is 14.3 Å². The zero-order valence-electron chi connectivity index (χ0n) is 16.4. The van der Waals surface area contributed by atoms with Crippen LogP contribution in [0, 0.1) is 0 Å².